The van der Waals surface area contributed by atoms with Gasteiger partial charge in [-0.05, 0) is 43.2 Å². The molecule has 31 heavy (non-hydrogen) atoms. The van der Waals surface area contributed by atoms with Crippen LogP contribution < -0.4 is 10.2 Å². The van der Waals surface area contributed by atoms with Crippen LogP contribution >= 0.6 is 0 Å². The van der Waals surface area contributed by atoms with Gasteiger partial charge >= 0.3 is 0 Å². The number of rotatable bonds is 5. The maximum absolute atomic E-state index is 14.5. The average Bonchev–Trinajstić information content (AvgIpc) is 2.80. The van der Waals surface area contributed by atoms with Crippen molar-refractivity contribution in [3.8, 4) is 0 Å². The lowest BCUT2D eigenvalue weighted by molar-refractivity contribution is 0.102. The van der Waals surface area contributed by atoms with Crippen LogP contribution in [-0.4, -0.2) is 58.0 Å². The molecule has 2 fully saturated rings. The van der Waals surface area contributed by atoms with Crippen LogP contribution in [-0.2, 0) is 14.8 Å². The number of benzene rings is 2. The Bertz CT molecular complexity index is 1050. The molecule has 2 aromatic carbocycles. The summed E-state index contributed by atoms with van der Waals surface area (Å²) in [4.78, 5) is 14.6. The van der Waals surface area contributed by atoms with Gasteiger partial charge in [0.25, 0.3) is 5.91 Å². The second-order valence-corrected chi connectivity index (χ2v) is 9.59. The number of amides is 1. The van der Waals surface area contributed by atoms with E-state index in [-0.39, 0.29) is 5.56 Å². The maximum Gasteiger partial charge on any atom is 0.255 e. The molecule has 4 rings (SSSR count). The molecule has 0 unspecified atom stereocenters. The Morgan fingerprint density at radius 1 is 0.968 bits per heavy atom. The summed E-state index contributed by atoms with van der Waals surface area (Å²) in [6.45, 7) is 3.37. The molecular weight excluding hydrogens is 421 g/mol. The molecular formula is C22H26FN3O4S. The summed E-state index contributed by atoms with van der Waals surface area (Å²) in [5.41, 5.74) is 1.57. The standard InChI is InChI=1S/C22H26FN3O4S/c23-18-9-8-17(16-21(18)31(28,29)26-10-4-1-5-11-26)22(27)24-19-6-2-3-7-20(19)25-12-14-30-15-13-25/h2-3,6-9,16H,1,4-5,10-15H2,(H,24,27). The molecule has 166 valence electrons. The maximum atomic E-state index is 14.5. The SMILES string of the molecule is O=C(Nc1ccccc1N1CCOCC1)c1ccc(F)c(S(=O)(=O)N2CCCCC2)c1. The second-order valence-electron chi connectivity index (χ2n) is 7.68. The Hall–Kier alpha value is -2.49. The predicted molar refractivity (Wildman–Crippen MR) is 116 cm³/mol. The fourth-order valence-corrected chi connectivity index (χ4v) is 5.55. The topological polar surface area (TPSA) is 79.0 Å². The van der Waals surface area contributed by atoms with Crippen molar-refractivity contribution >= 4 is 27.3 Å². The first-order chi connectivity index (χ1) is 15.0. The van der Waals surface area contributed by atoms with Gasteiger partial charge in [-0.1, -0.05) is 18.6 Å². The van der Waals surface area contributed by atoms with Gasteiger partial charge < -0.3 is 15.0 Å². The minimum Gasteiger partial charge on any atom is -0.378 e. The van der Waals surface area contributed by atoms with Crippen molar-refractivity contribution in [2.45, 2.75) is 24.2 Å². The van der Waals surface area contributed by atoms with Gasteiger partial charge in [0.2, 0.25) is 10.0 Å². The van der Waals surface area contributed by atoms with Crippen LogP contribution in [0.15, 0.2) is 47.4 Å². The van der Waals surface area contributed by atoms with Crippen LogP contribution in [0.1, 0.15) is 29.6 Å². The fraction of sp³-hybridized carbons (Fsp3) is 0.409. The highest BCUT2D eigenvalue weighted by Crippen LogP contribution is 2.28. The van der Waals surface area contributed by atoms with Crippen molar-refractivity contribution in [2.75, 3.05) is 49.6 Å². The van der Waals surface area contributed by atoms with Gasteiger partial charge in [0.15, 0.2) is 0 Å². The lowest BCUT2D eigenvalue weighted by Crippen LogP contribution is -2.36. The van der Waals surface area contributed by atoms with E-state index < -0.39 is 26.6 Å². The number of hydrogen-bond donors (Lipinski definition) is 1. The van der Waals surface area contributed by atoms with Crippen molar-refractivity contribution in [3.05, 3.63) is 53.8 Å². The molecule has 9 heteroatoms. The summed E-state index contributed by atoms with van der Waals surface area (Å²) >= 11 is 0. The fourth-order valence-electron chi connectivity index (χ4n) is 3.94. The smallest absolute Gasteiger partial charge is 0.255 e. The predicted octanol–water partition coefficient (Wildman–Crippen LogP) is 3.09. The highest BCUT2D eigenvalue weighted by atomic mass is 32.2. The lowest BCUT2D eigenvalue weighted by atomic mass is 10.2. The van der Waals surface area contributed by atoms with Crippen LogP contribution in [0.3, 0.4) is 0 Å². The summed E-state index contributed by atoms with van der Waals surface area (Å²) in [5.74, 6) is -1.34. The summed E-state index contributed by atoms with van der Waals surface area (Å²) in [7, 11) is -3.99. The van der Waals surface area contributed by atoms with E-state index in [0.717, 1.165) is 37.1 Å². The van der Waals surface area contributed by atoms with E-state index >= 15 is 0 Å². The molecule has 0 spiro atoms. The molecule has 0 radical (unpaired) electrons. The van der Waals surface area contributed by atoms with Crippen molar-refractivity contribution in [1.82, 2.24) is 4.31 Å². The highest BCUT2D eigenvalue weighted by Gasteiger charge is 2.29. The lowest BCUT2D eigenvalue weighted by Gasteiger charge is -2.30. The van der Waals surface area contributed by atoms with Crippen LogP contribution in [0, 0.1) is 5.82 Å². The molecule has 1 amide bonds. The number of morpholine rings is 1. The number of piperidine rings is 1. The van der Waals surface area contributed by atoms with Crippen LogP contribution in [0.25, 0.3) is 0 Å². The molecule has 2 aliphatic heterocycles. The molecule has 2 heterocycles. The Morgan fingerprint density at radius 3 is 2.42 bits per heavy atom. The average molecular weight is 448 g/mol. The number of ether oxygens (including phenoxy) is 1. The number of para-hydroxylation sites is 2. The van der Waals surface area contributed by atoms with E-state index in [2.05, 4.69) is 10.2 Å². The third kappa shape index (κ3) is 4.73. The Balaban J connectivity index is 1.58. The summed E-state index contributed by atoms with van der Waals surface area (Å²) < 4.78 is 47.0. The van der Waals surface area contributed by atoms with Crippen molar-refractivity contribution in [2.24, 2.45) is 0 Å². The third-order valence-corrected chi connectivity index (χ3v) is 7.54. The second kappa shape index (κ2) is 9.33. The molecule has 0 aromatic heterocycles. The molecule has 0 atom stereocenters. The van der Waals surface area contributed by atoms with Crippen LogP contribution in [0.5, 0.6) is 0 Å². The number of anilines is 2. The zero-order chi connectivity index (χ0) is 21.8. The largest absolute Gasteiger partial charge is 0.378 e. The van der Waals surface area contributed by atoms with Gasteiger partial charge in [0, 0.05) is 31.7 Å². The zero-order valence-electron chi connectivity index (χ0n) is 17.2. The number of sulfonamides is 1. The Morgan fingerprint density at radius 2 is 1.68 bits per heavy atom. The quantitative estimate of drug-likeness (QED) is 0.762. The summed E-state index contributed by atoms with van der Waals surface area (Å²) in [5, 5.41) is 2.85. The number of carbonyl (C=O) groups excluding carboxylic acids is 1. The van der Waals surface area contributed by atoms with Crippen LogP contribution in [0.2, 0.25) is 0 Å². The van der Waals surface area contributed by atoms with Crippen LogP contribution in [0.4, 0.5) is 15.8 Å². The van der Waals surface area contributed by atoms with E-state index in [9.17, 15) is 17.6 Å². The van der Waals surface area contributed by atoms with Gasteiger partial charge in [-0.2, -0.15) is 4.31 Å². The van der Waals surface area contributed by atoms with E-state index in [0.29, 0.717) is 45.1 Å². The summed E-state index contributed by atoms with van der Waals surface area (Å²) in [6.07, 6.45) is 2.46. The first kappa shape index (κ1) is 21.7. The van der Waals surface area contributed by atoms with E-state index in [1.165, 1.54) is 10.4 Å². The van der Waals surface area contributed by atoms with Gasteiger partial charge in [0.05, 0.1) is 24.6 Å². The number of hydrogen-bond acceptors (Lipinski definition) is 5. The molecule has 0 aliphatic carbocycles. The number of halogens is 1. The highest BCUT2D eigenvalue weighted by molar-refractivity contribution is 7.89. The van der Waals surface area contributed by atoms with E-state index in [4.69, 9.17) is 4.74 Å². The number of nitrogens with zero attached hydrogens (tertiary/aromatic N) is 2. The molecule has 2 aromatic rings. The molecule has 0 saturated carbocycles. The van der Waals surface area contributed by atoms with Gasteiger partial charge in [-0.3, -0.25) is 4.79 Å². The Kier molecular flexibility index (Phi) is 6.54. The van der Waals surface area contributed by atoms with E-state index in [1.807, 2.05) is 18.2 Å². The molecule has 0 bridgehead atoms. The molecule has 2 aliphatic rings. The first-order valence-corrected chi connectivity index (χ1v) is 11.9. The third-order valence-electron chi connectivity index (χ3n) is 5.63. The minimum absolute atomic E-state index is 0.0914. The first-order valence-electron chi connectivity index (χ1n) is 10.5. The van der Waals surface area contributed by atoms with Gasteiger partial charge in [-0.25, -0.2) is 12.8 Å². The Labute approximate surface area is 181 Å². The number of nitrogens with one attached hydrogen (secondary N) is 1. The monoisotopic (exact) mass is 447 g/mol. The summed E-state index contributed by atoms with van der Waals surface area (Å²) in [6, 6.07) is 10.9. The zero-order valence-corrected chi connectivity index (χ0v) is 18.0. The molecule has 2 saturated heterocycles. The normalized spacial score (nSPS) is 18.0. The van der Waals surface area contributed by atoms with Gasteiger partial charge in [-0.15, -0.1) is 0 Å². The molecule has 1 N–H and O–H groups in total. The number of carbonyl (C=O) groups is 1. The minimum atomic E-state index is -3.99. The molecule has 7 nitrogen and oxygen atoms in total. The van der Waals surface area contributed by atoms with Gasteiger partial charge in [0.1, 0.15) is 10.7 Å². The van der Waals surface area contributed by atoms with Crippen molar-refractivity contribution < 1.29 is 22.3 Å². The van der Waals surface area contributed by atoms with Crippen molar-refractivity contribution in [3.63, 3.8) is 0 Å². The van der Waals surface area contributed by atoms with Crippen molar-refractivity contribution in [1.29, 1.82) is 0 Å². The van der Waals surface area contributed by atoms with E-state index in [1.54, 1.807) is 6.07 Å².